The van der Waals surface area contributed by atoms with Gasteiger partial charge in [-0.05, 0) is 31.6 Å². The monoisotopic (exact) mass is 239 g/mol. The molecule has 2 fully saturated rings. The Labute approximate surface area is 102 Å². The average molecular weight is 239 g/mol. The molecule has 96 valence electrons. The summed E-state index contributed by atoms with van der Waals surface area (Å²) in [5.74, 6) is 1.42. The van der Waals surface area contributed by atoms with Crippen molar-refractivity contribution in [3.63, 3.8) is 0 Å². The lowest BCUT2D eigenvalue weighted by molar-refractivity contribution is -0.125. The fourth-order valence-corrected chi connectivity index (χ4v) is 2.48. The molecule has 0 aromatic heterocycles. The molecular formula is C12H21N3O2. The summed E-state index contributed by atoms with van der Waals surface area (Å²) in [6.45, 7) is 3.39. The summed E-state index contributed by atoms with van der Waals surface area (Å²) >= 11 is 0. The van der Waals surface area contributed by atoms with E-state index in [-0.39, 0.29) is 5.91 Å². The standard InChI is InChI=1S/C12H21N3O2/c1-9-3-5-12(6-4-9)10(16)14-11(15-12)13-7-8-17-2/h9H,3-8H2,1-2H3,(H2,13,14,15,16). The van der Waals surface area contributed by atoms with Crippen molar-refractivity contribution in [3.8, 4) is 0 Å². The predicted octanol–water partition coefficient (Wildman–Crippen LogP) is 0.657. The van der Waals surface area contributed by atoms with Crippen LogP contribution in [0, 0.1) is 5.92 Å². The molecule has 1 saturated carbocycles. The first kappa shape index (κ1) is 12.4. The maximum absolute atomic E-state index is 12.0. The average Bonchev–Trinajstić information content (AvgIpc) is 2.61. The van der Waals surface area contributed by atoms with E-state index >= 15 is 0 Å². The van der Waals surface area contributed by atoms with Crippen molar-refractivity contribution in [2.24, 2.45) is 10.9 Å². The van der Waals surface area contributed by atoms with Crippen molar-refractivity contribution < 1.29 is 9.53 Å². The molecule has 2 aliphatic rings. The van der Waals surface area contributed by atoms with Crippen LogP contribution in [0.1, 0.15) is 32.6 Å². The number of amides is 1. The Hall–Kier alpha value is -1.10. The van der Waals surface area contributed by atoms with E-state index < -0.39 is 5.54 Å². The minimum atomic E-state index is -0.390. The van der Waals surface area contributed by atoms with Gasteiger partial charge in [-0.15, -0.1) is 0 Å². The SMILES string of the molecule is COCCN=C1NC(=O)C2(CCC(C)CC2)N1. The van der Waals surface area contributed by atoms with Crippen LogP contribution in [0.2, 0.25) is 0 Å². The lowest BCUT2D eigenvalue weighted by Gasteiger charge is -2.33. The third-order valence-corrected chi connectivity index (χ3v) is 3.72. The van der Waals surface area contributed by atoms with E-state index in [1.54, 1.807) is 7.11 Å². The summed E-state index contributed by atoms with van der Waals surface area (Å²) in [6.07, 6.45) is 4.02. The second-order valence-electron chi connectivity index (χ2n) is 5.07. The van der Waals surface area contributed by atoms with Gasteiger partial charge in [-0.2, -0.15) is 0 Å². The molecule has 0 radical (unpaired) electrons. The van der Waals surface area contributed by atoms with Gasteiger partial charge < -0.3 is 10.1 Å². The van der Waals surface area contributed by atoms with Crippen LogP contribution >= 0.6 is 0 Å². The number of rotatable bonds is 3. The molecule has 1 saturated heterocycles. The van der Waals surface area contributed by atoms with Crippen LogP contribution in [-0.2, 0) is 9.53 Å². The van der Waals surface area contributed by atoms with Crippen molar-refractivity contribution in [2.75, 3.05) is 20.3 Å². The maximum Gasteiger partial charge on any atom is 0.252 e. The lowest BCUT2D eigenvalue weighted by atomic mass is 9.77. The second kappa shape index (κ2) is 5.04. The molecule has 0 aromatic rings. The minimum Gasteiger partial charge on any atom is -0.383 e. The van der Waals surface area contributed by atoms with Crippen molar-refractivity contribution in [1.29, 1.82) is 0 Å². The molecule has 0 bridgehead atoms. The molecule has 0 aromatic carbocycles. The predicted molar refractivity (Wildman–Crippen MR) is 65.8 cm³/mol. The zero-order valence-corrected chi connectivity index (χ0v) is 10.6. The van der Waals surface area contributed by atoms with E-state index in [9.17, 15) is 4.79 Å². The van der Waals surface area contributed by atoms with Gasteiger partial charge in [0.25, 0.3) is 5.91 Å². The quantitative estimate of drug-likeness (QED) is 0.711. The number of aliphatic imine (C=N–C) groups is 1. The number of hydrogen-bond acceptors (Lipinski definition) is 3. The molecule has 1 aliphatic carbocycles. The van der Waals surface area contributed by atoms with E-state index in [1.165, 1.54) is 0 Å². The van der Waals surface area contributed by atoms with E-state index in [4.69, 9.17) is 4.74 Å². The first-order valence-corrected chi connectivity index (χ1v) is 6.29. The van der Waals surface area contributed by atoms with E-state index in [1.807, 2.05) is 0 Å². The zero-order valence-electron chi connectivity index (χ0n) is 10.6. The normalized spacial score (nSPS) is 35.1. The fraction of sp³-hybridized carbons (Fsp3) is 0.833. The summed E-state index contributed by atoms with van der Waals surface area (Å²) in [5, 5.41) is 6.10. The van der Waals surface area contributed by atoms with Gasteiger partial charge in [0.1, 0.15) is 5.54 Å². The van der Waals surface area contributed by atoms with Gasteiger partial charge >= 0.3 is 0 Å². The molecule has 17 heavy (non-hydrogen) atoms. The highest BCUT2D eigenvalue weighted by Crippen LogP contribution is 2.33. The molecule has 0 atom stereocenters. The number of hydrogen-bond donors (Lipinski definition) is 2. The van der Waals surface area contributed by atoms with Gasteiger partial charge in [-0.1, -0.05) is 6.92 Å². The van der Waals surface area contributed by atoms with Crippen LogP contribution in [0.3, 0.4) is 0 Å². The highest BCUT2D eigenvalue weighted by Gasteiger charge is 2.46. The van der Waals surface area contributed by atoms with Gasteiger partial charge in [0, 0.05) is 7.11 Å². The van der Waals surface area contributed by atoms with Gasteiger partial charge in [-0.25, -0.2) is 0 Å². The highest BCUT2D eigenvalue weighted by molar-refractivity contribution is 6.09. The Bertz CT molecular complexity index is 320. The number of carbonyl (C=O) groups excluding carboxylic acids is 1. The van der Waals surface area contributed by atoms with Crippen molar-refractivity contribution >= 4 is 11.9 Å². The van der Waals surface area contributed by atoms with Gasteiger partial charge in [0.2, 0.25) is 0 Å². The van der Waals surface area contributed by atoms with E-state index in [2.05, 4.69) is 22.5 Å². The zero-order chi connectivity index (χ0) is 12.3. The largest absolute Gasteiger partial charge is 0.383 e. The van der Waals surface area contributed by atoms with Crippen LogP contribution in [0.25, 0.3) is 0 Å². The van der Waals surface area contributed by atoms with Crippen LogP contribution < -0.4 is 10.6 Å². The van der Waals surface area contributed by atoms with Crippen molar-refractivity contribution in [2.45, 2.75) is 38.1 Å². The Morgan fingerprint density at radius 1 is 1.47 bits per heavy atom. The molecule has 0 unspecified atom stereocenters. The molecule has 1 amide bonds. The fourth-order valence-electron chi connectivity index (χ4n) is 2.48. The van der Waals surface area contributed by atoms with Gasteiger partial charge in [0.05, 0.1) is 13.2 Å². The molecule has 5 nitrogen and oxygen atoms in total. The number of guanidine groups is 1. The summed E-state index contributed by atoms with van der Waals surface area (Å²) in [4.78, 5) is 16.3. The number of nitrogens with zero attached hydrogens (tertiary/aromatic N) is 1. The Balaban J connectivity index is 1.97. The van der Waals surface area contributed by atoms with E-state index in [0.717, 1.165) is 31.6 Å². The number of ether oxygens (including phenoxy) is 1. The number of nitrogens with one attached hydrogen (secondary N) is 2. The van der Waals surface area contributed by atoms with Crippen molar-refractivity contribution in [1.82, 2.24) is 10.6 Å². The summed E-state index contributed by atoms with van der Waals surface area (Å²) in [7, 11) is 1.64. The maximum atomic E-state index is 12.0. The van der Waals surface area contributed by atoms with Crippen LogP contribution in [-0.4, -0.2) is 37.7 Å². The molecule has 1 heterocycles. The first-order valence-electron chi connectivity index (χ1n) is 6.29. The van der Waals surface area contributed by atoms with Crippen LogP contribution in [0.5, 0.6) is 0 Å². The molecule has 5 heteroatoms. The van der Waals surface area contributed by atoms with E-state index in [0.29, 0.717) is 19.1 Å². The molecule has 1 aliphatic heterocycles. The topological polar surface area (TPSA) is 62.7 Å². The summed E-state index contributed by atoms with van der Waals surface area (Å²) in [5.41, 5.74) is -0.390. The Morgan fingerprint density at radius 2 is 2.18 bits per heavy atom. The van der Waals surface area contributed by atoms with Crippen LogP contribution in [0.4, 0.5) is 0 Å². The number of methoxy groups -OCH3 is 1. The minimum absolute atomic E-state index is 0.0839. The highest BCUT2D eigenvalue weighted by atomic mass is 16.5. The lowest BCUT2D eigenvalue weighted by Crippen LogP contribution is -2.49. The Morgan fingerprint density at radius 3 is 2.82 bits per heavy atom. The summed E-state index contributed by atoms with van der Waals surface area (Å²) in [6, 6.07) is 0. The third-order valence-electron chi connectivity index (χ3n) is 3.72. The third kappa shape index (κ3) is 2.60. The smallest absolute Gasteiger partial charge is 0.252 e. The van der Waals surface area contributed by atoms with Crippen molar-refractivity contribution in [3.05, 3.63) is 0 Å². The second-order valence-corrected chi connectivity index (χ2v) is 5.07. The molecule has 2 rings (SSSR count). The molecule has 1 spiro atoms. The molecular weight excluding hydrogens is 218 g/mol. The molecule has 2 N–H and O–H groups in total. The van der Waals surface area contributed by atoms with Gasteiger partial charge in [-0.3, -0.25) is 15.1 Å². The first-order chi connectivity index (χ1) is 8.16. The summed E-state index contributed by atoms with van der Waals surface area (Å²) < 4.78 is 4.93. The van der Waals surface area contributed by atoms with Crippen LogP contribution in [0.15, 0.2) is 4.99 Å². The number of carbonyl (C=O) groups is 1. The van der Waals surface area contributed by atoms with Gasteiger partial charge in [0.15, 0.2) is 5.96 Å². The Kier molecular flexibility index (Phi) is 3.66.